The van der Waals surface area contributed by atoms with E-state index in [1.165, 1.54) is 0 Å². The molecule has 0 aliphatic heterocycles. The van der Waals surface area contributed by atoms with Crippen LogP contribution in [0.4, 0.5) is 0 Å². The van der Waals surface area contributed by atoms with Crippen LogP contribution in [0, 0.1) is 7.43 Å². The molecule has 8 aromatic carbocycles. The van der Waals surface area contributed by atoms with E-state index < -0.39 is 0 Å². The molecule has 0 saturated heterocycles. The van der Waals surface area contributed by atoms with Gasteiger partial charge in [0.05, 0.1) is 77.4 Å². The molecule has 2 saturated carbocycles. The second-order valence-electron chi connectivity index (χ2n) is 22.4. The quantitative estimate of drug-likeness (QED) is 0.0474. The fraction of sp³-hybridized carbons (Fsp3) is 0.311. The van der Waals surface area contributed by atoms with Crippen molar-refractivity contribution >= 4 is 122 Å². The molecule has 12 aromatic rings. The normalized spacial score (nSPS) is 14.1. The number of carbonyl (C=O) groups excluding carboxylic acids is 8. The number of aryl methyl sites for hydroxylation is 2. The Labute approximate surface area is 576 Å². The number of hydrogen-bond acceptors (Lipinski definition) is 23. The molecule has 2 atom stereocenters. The van der Waals surface area contributed by atoms with Gasteiger partial charge in [-0.25, -0.2) is 0 Å². The summed E-state index contributed by atoms with van der Waals surface area (Å²) in [5, 5.41) is 38.3. The number of rotatable bonds is 18. The van der Waals surface area contributed by atoms with Gasteiger partial charge < -0.3 is 59.0 Å². The SMILES string of the molecule is CCCc1noc2ccc3cc(O)ccc3c12.CCCc1noc2ccc3cc(OCCOC)ccc3c12.COCCOc1ccc2c(ccc3onc(C4CCC(=O)CC4=O)c32)c1.COCCOc1ccc2c(ccc3onc(C4CCC(=O)CC4=O)c32)c1.O=C=O.O=C=O.[CH3-].[W]. The average Bonchev–Trinajstić information content (AvgIpc) is 1.51. The van der Waals surface area contributed by atoms with Gasteiger partial charge in [0.15, 0.2) is 22.3 Å². The van der Waals surface area contributed by atoms with Gasteiger partial charge in [0.2, 0.25) is 0 Å². The summed E-state index contributed by atoms with van der Waals surface area (Å²) in [5.41, 5.74) is 6.25. The first-order valence-electron chi connectivity index (χ1n) is 31.2. The Bertz CT molecular complexity index is 4610. The van der Waals surface area contributed by atoms with E-state index >= 15 is 0 Å². The summed E-state index contributed by atoms with van der Waals surface area (Å²) in [6.07, 6.45) is 6.21. The number of Topliss-reactive ketones (excluding diaryl/α,β-unsaturated/α-hetero) is 4. The third-order valence-electron chi connectivity index (χ3n) is 16.2. The number of ether oxygens (including phenoxy) is 6. The predicted octanol–water partition coefficient (Wildman–Crippen LogP) is 13.7. The smallest absolute Gasteiger partial charge is 0.373 e. The van der Waals surface area contributed by atoms with Gasteiger partial charge >= 0.3 is 12.3 Å². The molecule has 0 amide bonds. The molecule has 2 unspecified atom stereocenters. The zero-order valence-electron chi connectivity index (χ0n) is 55.0. The summed E-state index contributed by atoms with van der Waals surface area (Å²) in [5.74, 6) is 1.74. The number of phenols is 1. The molecule has 2 aliphatic rings. The van der Waals surface area contributed by atoms with E-state index in [0.717, 1.165) is 130 Å². The maximum Gasteiger partial charge on any atom is 0.373 e. The van der Waals surface area contributed by atoms with E-state index in [2.05, 4.69) is 40.5 Å². The molecule has 1 N–H and O–H groups in total. The third kappa shape index (κ3) is 18.1. The largest absolute Gasteiger partial charge is 0.508 e. The second-order valence-corrected chi connectivity index (χ2v) is 22.4. The maximum absolute atomic E-state index is 12.3. The molecule has 0 bridgehead atoms. The Kier molecular flexibility index (Phi) is 28.3. The monoisotopic (exact) mass is 1510 g/mol. The first-order valence-corrected chi connectivity index (χ1v) is 31.2. The van der Waals surface area contributed by atoms with E-state index in [-0.39, 0.29) is 94.4 Å². The van der Waals surface area contributed by atoms with Crippen LogP contribution >= 0.6 is 0 Å². The Morgan fingerprint density at radius 1 is 0.439 bits per heavy atom. The van der Waals surface area contributed by atoms with E-state index in [0.29, 0.717) is 87.9 Å². The molecule has 14 rings (SSSR count). The topological polar surface area (TPSA) is 316 Å². The number of aromatic hydroxyl groups is 1. The van der Waals surface area contributed by atoms with Gasteiger partial charge in [-0.2, -0.15) is 19.2 Å². The average molecular weight is 1510 g/mol. The van der Waals surface area contributed by atoms with Crippen molar-refractivity contribution < 1.29 is 111 Å². The number of ketones is 4. The zero-order valence-corrected chi connectivity index (χ0v) is 57.9. The number of aromatic nitrogens is 4. The predicted molar refractivity (Wildman–Crippen MR) is 357 cm³/mol. The maximum atomic E-state index is 12.3. The van der Waals surface area contributed by atoms with Crippen molar-refractivity contribution in [3.63, 3.8) is 0 Å². The minimum Gasteiger partial charge on any atom is -0.508 e. The van der Waals surface area contributed by atoms with Crippen molar-refractivity contribution in [2.24, 2.45) is 0 Å². The molecule has 24 heteroatoms. The Balaban J connectivity index is 0.000000180. The van der Waals surface area contributed by atoms with Crippen LogP contribution in [0.25, 0.3) is 87.0 Å². The van der Waals surface area contributed by atoms with E-state index in [4.69, 9.17) is 65.7 Å². The molecule has 0 spiro atoms. The van der Waals surface area contributed by atoms with Crippen LogP contribution in [0.1, 0.15) is 99.8 Å². The molecular formula is C74H73N4O19W-. The number of hydrogen-bond donors (Lipinski definition) is 1. The van der Waals surface area contributed by atoms with Crippen LogP contribution in [-0.4, -0.2) is 122 Å². The molecule has 23 nitrogen and oxygen atoms in total. The number of phenolic OH excluding ortho intramolecular Hbond substituents is 1. The molecule has 2 fully saturated rings. The van der Waals surface area contributed by atoms with Crippen LogP contribution in [0.2, 0.25) is 0 Å². The van der Waals surface area contributed by atoms with E-state index in [1.807, 2.05) is 103 Å². The van der Waals surface area contributed by atoms with E-state index in [9.17, 15) is 24.3 Å². The summed E-state index contributed by atoms with van der Waals surface area (Å²) in [6, 6.07) is 38.6. The standard InChI is InChI=1S/2C20H19NO5.C17H19NO3.C14H13NO2.2CO2.CH3.W/c2*1-24-8-9-25-14-4-6-15-12(10-14)2-7-18-19(15)20(21-26-18)16-5-3-13(22)11-17(16)23;1-3-4-15-17-14-7-6-13(20-10-9-19-2)11-12(14)5-8-16(17)21-18-15;1-2-3-12-14-11-6-5-10(16)8-9(11)4-7-13(14)17-15-12;2*2-1-3;;/h2*2,4,6-7,10,16H,3,5,8-9,11H2,1H3;5-8,11H,3-4,9-10H2,1-2H3;4-8,16H,2-3H2,1H3;;;1H3;/q;;;;;;-1;. The van der Waals surface area contributed by atoms with Gasteiger partial charge in [0.25, 0.3) is 0 Å². The van der Waals surface area contributed by atoms with Gasteiger partial charge in [-0.05, 0) is 166 Å². The number of methoxy groups -OCH3 is 3. The van der Waals surface area contributed by atoms with Gasteiger partial charge in [0, 0.05) is 55.2 Å². The minimum atomic E-state index is -0.378. The fourth-order valence-electron chi connectivity index (χ4n) is 11.8. The Hall–Kier alpha value is -10.1. The molecule has 4 aromatic heterocycles. The van der Waals surface area contributed by atoms with Crippen molar-refractivity contribution in [2.45, 2.75) is 89.9 Å². The van der Waals surface area contributed by atoms with Crippen LogP contribution < -0.4 is 14.2 Å². The Morgan fingerprint density at radius 3 is 1.09 bits per heavy atom. The fourth-order valence-corrected chi connectivity index (χ4v) is 11.8. The van der Waals surface area contributed by atoms with Gasteiger partial charge in [-0.3, -0.25) is 19.2 Å². The molecule has 2 aliphatic carbocycles. The summed E-state index contributed by atoms with van der Waals surface area (Å²) in [7, 11) is 4.93. The van der Waals surface area contributed by atoms with E-state index in [1.54, 1.807) is 33.5 Å². The summed E-state index contributed by atoms with van der Waals surface area (Å²) < 4.78 is 53.7. The zero-order chi connectivity index (χ0) is 68.1. The van der Waals surface area contributed by atoms with Gasteiger partial charge in [-0.15, -0.1) is 0 Å². The van der Waals surface area contributed by atoms with Gasteiger partial charge in [-0.1, -0.05) is 71.6 Å². The van der Waals surface area contributed by atoms with Crippen molar-refractivity contribution in [1.82, 2.24) is 20.6 Å². The van der Waals surface area contributed by atoms with Crippen LogP contribution in [0.15, 0.2) is 139 Å². The van der Waals surface area contributed by atoms with Crippen molar-refractivity contribution in [2.75, 3.05) is 61.0 Å². The van der Waals surface area contributed by atoms with Crippen LogP contribution in [0.3, 0.4) is 0 Å². The third-order valence-corrected chi connectivity index (χ3v) is 16.2. The molecule has 510 valence electrons. The summed E-state index contributed by atoms with van der Waals surface area (Å²) in [4.78, 5) is 80.2. The van der Waals surface area contributed by atoms with Gasteiger partial charge in [0.1, 0.15) is 77.3 Å². The second kappa shape index (κ2) is 36.8. The molecular weight excluding hydrogens is 1430 g/mol. The molecule has 98 heavy (non-hydrogen) atoms. The van der Waals surface area contributed by atoms with Crippen molar-refractivity contribution in [3.8, 4) is 23.0 Å². The summed E-state index contributed by atoms with van der Waals surface area (Å²) in [6.45, 7) is 7.42. The molecule has 4 heterocycles. The van der Waals surface area contributed by atoms with Crippen LogP contribution in [-0.2, 0) is 86.5 Å². The van der Waals surface area contributed by atoms with Crippen LogP contribution in [0.5, 0.6) is 23.0 Å². The number of carbonyl (C=O) groups is 4. The first-order chi connectivity index (χ1) is 46.8. The minimum absolute atomic E-state index is 0. The first kappa shape index (κ1) is 75.3. The number of nitrogens with zero attached hydrogens (tertiary/aromatic N) is 4. The number of fused-ring (bicyclic) bond motifs is 12. The van der Waals surface area contributed by atoms with Crippen molar-refractivity contribution in [3.05, 3.63) is 152 Å². The van der Waals surface area contributed by atoms with Crippen molar-refractivity contribution in [1.29, 1.82) is 0 Å². The summed E-state index contributed by atoms with van der Waals surface area (Å²) >= 11 is 0. The molecule has 0 radical (unpaired) electrons. The number of benzene rings is 8. The Morgan fingerprint density at radius 2 is 0.755 bits per heavy atom.